The number of benzene rings is 2. The molecule has 0 unspecified atom stereocenters. The summed E-state index contributed by atoms with van der Waals surface area (Å²) in [6.07, 6.45) is 1.43. The number of anilines is 3. The Morgan fingerprint density at radius 2 is 1.65 bits per heavy atom. The fourth-order valence-corrected chi connectivity index (χ4v) is 3.22. The summed E-state index contributed by atoms with van der Waals surface area (Å²) >= 11 is 5.83. The van der Waals surface area contributed by atoms with E-state index in [9.17, 15) is 9.59 Å². The Balaban J connectivity index is 1.89. The average Bonchev–Trinajstić information content (AvgIpc) is 2.72. The van der Waals surface area contributed by atoms with E-state index in [0.717, 1.165) is 5.56 Å². The lowest BCUT2D eigenvalue weighted by atomic mass is 9.98. The first-order chi connectivity index (χ1) is 14.7. The summed E-state index contributed by atoms with van der Waals surface area (Å²) in [5.74, 6) is -0.532. The van der Waals surface area contributed by atoms with E-state index in [1.807, 2.05) is 6.92 Å². The molecule has 0 saturated heterocycles. The number of hydrogen-bond donors (Lipinski definition) is 4. The van der Waals surface area contributed by atoms with Crippen LogP contribution >= 0.6 is 11.6 Å². The highest BCUT2D eigenvalue weighted by atomic mass is 35.5. The number of pyridine rings is 1. The van der Waals surface area contributed by atoms with Crippen LogP contribution in [0.15, 0.2) is 48.7 Å². The summed E-state index contributed by atoms with van der Waals surface area (Å²) in [4.78, 5) is 29.8. The van der Waals surface area contributed by atoms with Crippen molar-refractivity contribution in [2.24, 2.45) is 0 Å². The fourth-order valence-electron chi connectivity index (χ4n) is 3.11. The minimum Gasteiger partial charge on any atom is -0.398 e. The molecule has 0 atom stereocenters. The first-order valence-corrected chi connectivity index (χ1v) is 9.84. The Morgan fingerprint density at radius 3 is 2.29 bits per heavy atom. The average molecular weight is 436 g/mol. The van der Waals surface area contributed by atoms with Crippen LogP contribution in [0.1, 0.15) is 44.3 Å². The zero-order valence-electron chi connectivity index (χ0n) is 17.3. The maximum absolute atomic E-state index is 12.9. The van der Waals surface area contributed by atoms with Crippen LogP contribution in [-0.4, -0.2) is 22.5 Å². The number of nitrogen functional groups attached to an aromatic ring is 1. The van der Waals surface area contributed by atoms with Crippen LogP contribution in [0.4, 0.5) is 17.2 Å². The number of nitrogens with two attached hydrogens (primary N) is 1. The number of rotatable bonds is 5. The van der Waals surface area contributed by atoms with Crippen molar-refractivity contribution in [1.29, 1.82) is 5.41 Å². The van der Waals surface area contributed by atoms with E-state index in [1.54, 1.807) is 56.3 Å². The Hall–Kier alpha value is -3.71. The van der Waals surface area contributed by atoms with Crippen molar-refractivity contribution in [1.82, 2.24) is 4.98 Å². The summed E-state index contributed by atoms with van der Waals surface area (Å²) in [6, 6.07) is 11.6. The normalized spacial score (nSPS) is 10.5. The van der Waals surface area contributed by atoms with Crippen molar-refractivity contribution in [3.63, 3.8) is 0 Å². The third kappa shape index (κ3) is 4.90. The SMILES string of the molecule is CC(=N)c1ccc(C(=O)Nc2ccc(C)cc2C(=O)Nc2ccc(Cl)cn2)c(N)c1C. The predicted molar refractivity (Wildman–Crippen MR) is 124 cm³/mol. The van der Waals surface area contributed by atoms with Gasteiger partial charge in [0.25, 0.3) is 11.8 Å². The lowest BCUT2D eigenvalue weighted by Gasteiger charge is -2.15. The lowest BCUT2D eigenvalue weighted by Crippen LogP contribution is -2.20. The third-order valence-corrected chi connectivity index (χ3v) is 5.02. The zero-order chi connectivity index (χ0) is 22.7. The summed E-state index contributed by atoms with van der Waals surface area (Å²) < 4.78 is 0. The summed E-state index contributed by atoms with van der Waals surface area (Å²) in [7, 11) is 0. The van der Waals surface area contributed by atoms with Gasteiger partial charge in [-0.15, -0.1) is 0 Å². The molecule has 31 heavy (non-hydrogen) atoms. The molecule has 7 nitrogen and oxygen atoms in total. The largest absolute Gasteiger partial charge is 0.398 e. The minimum absolute atomic E-state index is 0.272. The quantitative estimate of drug-likeness (QED) is 0.339. The van der Waals surface area contributed by atoms with Crippen molar-refractivity contribution in [3.05, 3.63) is 81.5 Å². The van der Waals surface area contributed by atoms with Crippen molar-refractivity contribution in [2.75, 3.05) is 16.4 Å². The first-order valence-electron chi connectivity index (χ1n) is 9.47. The summed E-state index contributed by atoms with van der Waals surface area (Å²) in [5, 5.41) is 13.7. The summed E-state index contributed by atoms with van der Waals surface area (Å²) in [5.41, 5.74) is 9.91. The van der Waals surface area contributed by atoms with Gasteiger partial charge in [-0.25, -0.2) is 4.98 Å². The predicted octanol–water partition coefficient (Wildman–Crippen LogP) is 4.83. The van der Waals surface area contributed by atoms with E-state index in [1.165, 1.54) is 6.20 Å². The molecule has 8 heteroatoms. The molecule has 0 aliphatic carbocycles. The Morgan fingerprint density at radius 1 is 0.968 bits per heavy atom. The molecule has 0 radical (unpaired) electrons. The lowest BCUT2D eigenvalue weighted by molar-refractivity contribution is 0.102. The molecule has 2 aromatic carbocycles. The number of nitrogens with one attached hydrogen (secondary N) is 3. The van der Waals surface area contributed by atoms with E-state index in [4.69, 9.17) is 22.7 Å². The second-order valence-electron chi connectivity index (χ2n) is 7.14. The highest BCUT2D eigenvalue weighted by molar-refractivity contribution is 6.30. The van der Waals surface area contributed by atoms with Gasteiger partial charge in [-0.2, -0.15) is 0 Å². The monoisotopic (exact) mass is 435 g/mol. The van der Waals surface area contributed by atoms with Crippen molar-refractivity contribution < 1.29 is 9.59 Å². The van der Waals surface area contributed by atoms with Crippen LogP contribution in [0.2, 0.25) is 5.02 Å². The molecule has 1 aromatic heterocycles. The van der Waals surface area contributed by atoms with Crippen molar-refractivity contribution in [2.45, 2.75) is 20.8 Å². The molecule has 0 aliphatic heterocycles. The standard InChI is InChI=1S/C23H22ClN5O2/c1-12-4-8-19(18(10-12)23(31)29-20-9-5-15(24)11-27-20)28-22(30)17-7-6-16(14(3)25)13(2)21(17)26/h4-11,25H,26H2,1-3H3,(H,28,30)(H,27,29,31). The van der Waals surface area contributed by atoms with Gasteiger partial charge < -0.3 is 21.8 Å². The van der Waals surface area contributed by atoms with E-state index in [-0.39, 0.29) is 11.1 Å². The molecular formula is C23H22ClN5O2. The van der Waals surface area contributed by atoms with E-state index >= 15 is 0 Å². The van der Waals surface area contributed by atoms with E-state index < -0.39 is 11.8 Å². The second-order valence-corrected chi connectivity index (χ2v) is 7.58. The molecule has 158 valence electrons. The number of amides is 2. The minimum atomic E-state index is -0.447. The molecule has 0 bridgehead atoms. The van der Waals surface area contributed by atoms with Crippen LogP contribution in [-0.2, 0) is 0 Å². The van der Waals surface area contributed by atoms with Gasteiger partial charge >= 0.3 is 0 Å². The van der Waals surface area contributed by atoms with Crippen LogP contribution in [0.25, 0.3) is 0 Å². The first kappa shape index (κ1) is 22.0. The third-order valence-electron chi connectivity index (χ3n) is 4.80. The van der Waals surface area contributed by atoms with Crippen LogP contribution in [0, 0.1) is 19.3 Å². The van der Waals surface area contributed by atoms with Crippen LogP contribution in [0.3, 0.4) is 0 Å². The van der Waals surface area contributed by atoms with Gasteiger partial charge in [-0.3, -0.25) is 9.59 Å². The Labute approximate surface area is 185 Å². The van der Waals surface area contributed by atoms with Crippen molar-refractivity contribution >= 4 is 46.3 Å². The van der Waals surface area contributed by atoms with Gasteiger partial charge in [0.15, 0.2) is 0 Å². The molecule has 0 aliphatic rings. The highest BCUT2D eigenvalue weighted by Crippen LogP contribution is 2.25. The molecular weight excluding hydrogens is 414 g/mol. The highest BCUT2D eigenvalue weighted by Gasteiger charge is 2.18. The molecule has 5 N–H and O–H groups in total. The van der Waals surface area contributed by atoms with Gasteiger partial charge in [0.2, 0.25) is 0 Å². The molecule has 2 amide bonds. The van der Waals surface area contributed by atoms with Gasteiger partial charge in [0, 0.05) is 17.6 Å². The number of nitrogens with zero attached hydrogens (tertiary/aromatic N) is 1. The number of carbonyl (C=O) groups is 2. The molecule has 0 fully saturated rings. The van der Waals surface area contributed by atoms with Gasteiger partial charge in [0.05, 0.1) is 21.8 Å². The number of carbonyl (C=O) groups excluding carboxylic acids is 2. The smallest absolute Gasteiger partial charge is 0.258 e. The van der Waals surface area contributed by atoms with E-state index in [2.05, 4.69) is 15.6 Å². The van der Waals surface area contributed by atoms with Crippen molar-refractivity contribution in [3.8, 4) is 0 Å². The van der Waals surface area contributed by atoms with Gasteiger partial charge in [0.1, 0.15) is 5.82 Å². The molecule has 0 saturated carbocycles. The fraction of sp³-hybridized carbons (Fsp3) is 0.130. The number of halogens is 1. The molecule has 0 spiro atoms. The maximum atomic E-state index is 12.9. The Kier molecular flexibility index (Phi) is 6.36. The van der Waals surface area contributed by atoms with Gasteiger partial charge in [-0.05, 0) is 62.2 Å². The van der Waals surface area contributed by atoms with Crippen LogP contribution < -0.4 is 16.4 Å². The Bertz CT molecular complexity index is 1190. The second kappa shape index (κ2) is 8.97. The number of aromatic nitrogens is 1. The maximum Gasteiger partial charge on any atom is 0.258 e. The molecule has 1 heterocycles. The molecule has 3 rings (SSSR count). The number of aryl methyl sites for hydroxylation is 1. The molecule has 3 aromatic rings. The van der Waals surface area contributed by atoms with E-state index in [0.29, 0.717) is 39.1 Å². The zero-order valence-corrected chi connectivity index (χ0v) is 18.1. The summed E-state index contributed by atoms with van der Waals surface area (Å²) in [6.45, 7) is 5.28. The van der Waals surface area contributed by atoms with Crippen LogP contribution in [0.5, 0.6) is 0 Å². The van der Waals surface area contributed by atoms with Gasteiger partial charge in [-0.1, -0.05) is 29.3 Å². The number of hydrogen-bond acceptors (Lipinski definition) is 5. The topological polar surface area (TPSA) is 121 Å².